The smallest absolute Gasteiger partial charge is 0.111 e. The second-order valence-corrected chi connectivity index (χ2v) is 2.70. The van der Waals surface area contributed by atoms with Gasteiger partial charge in [-0.2, -0.15) is 0 Å². The zero-order valence-electron chi connectivity index (χ0n) is 5.21. The van der Waals surface area contributed by atoms with Crippen molar-refractivity contribution in [2.45, 2.75) is 24.7 Å². The van der Waals surface area contributed by atoms with E-state index in [9.17, 15) is 5.11 Å². The van der Waals surface area contributed by atoms with Gasteiger partial charge in [0.2, 0.25) is 0 Å². The van der Waals surface area contributed by atoms with Gasteiger partial charge in [-0.3, -0.25) is 0 Å². The van der Waals surface area contributed by atoms with E-state index in [0.717, 1.165) is 13.0 Å². The monoisotopic (exact) mass is 129 g/mol. The van der Waals surface area contributed by atoms with Gasteiger partial charge in [0.05, 0.1) is 12.2 Å². The first-order chi connectivity index (χ1) is 4.38. The minimum absolute atomic E-state index is 0.153. The largest absolute Gasteiger partial charge is 0.389 e. The summed E-state index contributed by atoms with van der Waals surface area (Å²) in [6.45, 7) is 1.68. The third-order valence-electron chi connectivity index (χ3n) is 1.96. The molecule has 2 rings (SSSR count). The summed E-state index contributed by atoms with van der Waals surface area (Å²) in [7, 11) is 0. The van der Waals surface area contributed by atoms with E-state index >= 15 is 0 Å². The van der Waals surface area contributed by atoms with Crippen molar-refractivity contribution in [3.63, 3.8) is 0 Å². The molecule has 9 heavy (non-hydrogen) atoms. The number of hydrogen-bond acceptors (Lipinski definition) is 3. The summed E-state index contributed by atoms with van der Waals surface area (Å²) >= 11 is 0. The lowest BCUT2D eigenvalue weighted by molar-refractivity contribution is 0.132. The number of epoxide rings is 1. The summed E-state index contributed by atoms with van der Waals surface area (Å²) in [6, 6.07) is 0. The molecule has 2 fully saturated rings. The molecule has 2 aliphatic heterocycles. The van der Waals surface area contributed by atoms with Crippen molar-refractivity contribution in [2.24, 2.45) is 0 Å². The number of fused-ring (bicyclic) bond motifs is 1. The van der Waals surface area contributed by atoms with E-state index in [-0.39, 0.29) is 12.2 Å². The molecular weight excluding hydrogens is 118 g/mol. The van der Waals surface area contributed by atoms with Crippen LogP contribution in [0.1, 0.15) is 6.42 Å². The fourth-order valence-corrected chi connectivity index (χ4v) is 1.34. The molecule has 2 saturated heterocycles. The van der Waals surface area contributed by atoms with E-state index in [1.165, 1.54) is 0 Å². The van der Waals surface area contributed by atoms with E-state index in [1.807, 2.05) is 0 Å². The van der Waals surface area contributed by atoms with E-state index in [2.05, 4.69) is 5.32 Å². The number of aliphatic hydroxyl groups excluding tert-OH is 1. The molecule has 3 atom stereocenters. The zero-order valence-corrected chi connectivity index (χ0v) is 5.21. The average Bonchev–Trinajstić information content (AvgIpc) is 2.55. The highest BCUT2D eigenvalue weighted by Crippen LogP contribution is 2.29. The molecule has 2 N–H and O–H groups in total. The van der Waals surface area contributed by atoms with Crippen LogP contribution in [0, 0.1) is 0 Å². The molecular formula is C6H11NO2. The normalized spacial score (nSPS) is 49.7. The van der Waals surface area contributed by atoms with Crippen molar-refractivity contribution in [1.82, 2.24) is 5.32 Å². The van der Waals surface area contributed by atoms with Crippen molar-refractivity contribution >= 4 is 0 Å². The Morgan fingerprint density at radius 1 is 1.56 bits per heavy atom. The molecule has 52 valence electrons. The van der Waals surface area contributed by atoms with Crippen LogP contribution in [0.3, 0.4) is 0 Å². The van der Waals surface area contributed by atoms with Crippen LogP contribution in [-0.4, -0.2) is 36.5 Å². The summed E-state index contributed by atoms with van der Waals surface area (Å²) in [5.41, 5.74) is 0. The molecule has 3 nitrogen and oxygen atoms in total. The Kier molecular flexibility index (Phi) is 1.22. The fraction of sp³-hybridized carbons (Fsp3) is 1.00. The third kappa shape index (κ3) is 0.956. The number of hydrogen-bond donors (Lipinski definition) is 2. The van der Waals surface area contributed by atoms with Gasteiger partial charge in [0.15, 0.2) is 0 Å². The van der Waals surface area contributed by atoms with Crippen LogP contribution < -0.4 is 5.32 Å². The molecule has 0 bridgehead atoms. The van der Waals surface area contributed by atoms with Crippen molar-refractivity contribution in [3.05, 3.63) is 0 Å². The number of ether oxygens (including phenoxy) is 1. The summed E-state index contributed by atoms with van der Waals surface area (Å²) in [5, 5.41) is 12.3. The molecule has 2 aliphatic rings. The summed E-state index contributed by atoms with van der Waals surface area (Å²) < 4.78 is 5.18. The van der Waals surface area contributed by atoms with Gasteiger partial charge in [0.1, 0.15) is 6.10 Å². The van der Waals surface area contributed by atoms with Gasteiger partial charge in [-0.05, 0) is 13.0 Å². The van der Waals surface area contributed by atoms with Gasteiger partial charge in [0.25, 0.3) is 0 Å². The second-order valence-electron chi connectivity index (χ2n) is 2.70. The van der Waals surface area contributed by atoms with Gasteiger partial charge >= 0.3 is 0 Å². The van der Waals surface area contributed by atoms with Crippen LogP contribution in [0.5, 0.6) is 0 Å². The maximum absolute atomic E-state index is 9.21. The zero-order chi connectivity index (χ0) is 6.27. The molecule has 3 unspecified atom stereocenters. The van der Waals surface area contributed by atoms with Crippen LogP contribution in [0.2, 0.25) is 0 Å². The average molecular weight is 129 g/mol. The predicted molar refractivity (Wildman–Crippen MR) is 32.2 cm³/mol. The van der Waals surface area contributed by atoms with Crippen LogP contribution >= 0.6 is 0 Å². The first-order valence-electron chi connectivity index (χ1n) is 3.42. The molecule has 0 saturated carbocycles. The topological polar surface area (TPSA) is 44.8 Å². The highest BCUT2D eigenvalue weighted by atomic mass is 16.6. The van der Waals surface area contributed by atoms with Crippen LogP contribution in [0.4, 0.5) is 0 Å². The molecule has 0 aliphatic carbocycles. The third-order valence-corrected chi connectivity index (χ3v) is 1.96. The summed E-state index contributed by atoms with van der Waals surface area (Å²) in [5.74, 6) is 0. The van der Waals surface area contributed by atoms with E-state index < -0.39 is 0 Å². The van der Waals surface area contributed by atoms with Crippen LogP contribution in [0.25, 0.3) is 0 Å². The van der Waals surface area contributed by atoms with Crippen molar-refractivity contribution in [3.8, 4) is 0 Å². The number of rotatable bonds is 0. The molecule has 2 heterocycles. The van der Waals surface area contributed by atoms with Gasteiger partial charge in [-0.25, -0.2) is 0 Å². The highest BCUT2D eigenvalue weighted by molar-refractivity contribution is 4.94. The molecule has 0 radical (unpaired) electrons. The number of aliphatic hydroxyl groups is 1. The Hall–Kier alpha value is -0.120. The maximum Gasteiger partial charge on any atom is 0.111 e. The lowest BCUT2D eigenvalue weighted by Gasteiger charge is -2.04. The quantitative estimate of drug-likeness (QED) is 0.417. The SMILES string of the molecule is OC1CNCCC2OC12. The van der Waals surface area contributed by atoms with Gasteiger partial charge in [-0.15, -0.1) is 0 Å². The minimum Gasteiger partial charge on any atom is -0.389 e. The Balaban J connectivity index is 1.96. The van der Waals surface area contributed by atoms with E-state index in [1.54, 1.807) is 0 Å². The molecule has 0 amide bonds. The van der Waals surface area contributed by atoms with E-state index in [4.69, 9.17) is 4.74 Å². The van der Waals surface area contributed by atoms with Crippen LogP contribution in [0.15, 0.2) is 0 Å². The van der Waals surface area contributed by atoms with Crippen molar-refractivity contribution < 1.29 is 9.84 Å². The van der Waals surface area contributed by atoms with Crippen molar-refractivity contribution in [2.75, 3.05) is 13.1 Å². The molecule has 0 aromatic heterocycles. The lowest BCUT2D eigenvalue weighted by atomic mass is 10.2. The Morgan fingerprint density at radius 2 is 2.44 bits per heavy atom. The maximum atomic E-state index is 9.21. The first kappa shape index (κ1) is 5.65. The standard InChI is InChI=1S/C6H11NO2/c8-4-3-7-2-1-5-6(4)9-5/h4-8H,1-3H2. The molecule has 0 aromatic rings. The summed E-state index contributed by atoms with van der Waals surface area (Å²) in [6.07, 6.45) is 1.30. The first-order valence-corrected chi connectivity index (χ1v) is 3.42. The Labute approximate surface area is 54.0 Å². The molecule has 0 spiro atoms. The number of β-amino-alcohol motifs (C(OH)–C–C–N with tert-alkyl or cyclic N) is 1. The Bertz CT molecular complexity index is 118. The fourth-order valence-electron chi connectivity index (χ4n) is 1.34. The number of nitrogens with one attached hydrogen (secondary N) is 1. The molecule has 0 aromatic carbocycles. The van der Waals surface area contributed by atoms with Gasteiger partial charge in [-0.1, -0.05) is 0 Å². The van der Waals surface area contributed by atoms with Crippen LogP contribution in [-0.2, 0) is 4.74 Å². The Morgan fingerprint density at radius 3 is 3.33 bits per heavy atom. The predicted octanol–water partition coefficient (Wildman–Crippen LogP) is -0.892. The second kappa shape index (κ2) is 1.94. The minimum atomic E-state index is -0.266. The summed E-state index contributed by atoms with van der Waals surface area (Å²) in [4.78, 5) is 0. The van der Waals surface area contributed by atoms with Gasteiger partial charge < -0.3 is 15.2 Å². The van der Waals surface area contributed by atoms with E-state index in [0.29, 0.717) is 12.6 Å². The molecule has 3 heteroatoms. The van der Waals surface area contributed by atoms with Crippen molar-refractivity contribution in [1.29, 1.82) is 0 Å². The lowest BCUT2D eigenvalue weighted by Crippen LogP contribution is -2.28. The highest BCUT2D eigenvalue weighted by Gasteiger charge is 2.44. The van der Waals surface area contributed by atoms with Gasteiger partial charge in [0, 0.05) is 6.54 Å².